The summed E-state index contributed by atoms with van der Waals surface area (Å²) in [5.74, 6) is 0. The molecule has 21 heavy (non-hydrogen) atoms. The van der Waals surface area contributed by atoms with Gasteiger partial charge in [-0.25, -0.2) is 13.4 Å². The van der Waals surface area contributed by atoms with Crippen LogP contribution in [-0.4, -0.2) is 25.4 Å². The fourth-order valence-electron chi connectivity index (χ4n) is 1.93. The summed E-state index contributed by atoms with van der Waals surface area (Å²) in [5.41, 5.74) is 3.57. The fourth-order valence-corrected chi connectivity index (χ4v) is 3.85. The van der Waals surface area contributed by atoms with Crippen molar-refractivity contribution in [1.82, 2.24) is 9.97 Å². The van der Waals surface area contributed by atoms with E-state index >= 15 is 0 Å². The zero-order valence-corrected chi connectivity index (χ0v) is 12.7. The number of nitrogens with one attached hydrogen (secondary N) is 2. The second-order valence-corrected chi connectivity index (χ2v) is 6.80. The summed E-state index contributed by atoms with van der Waals surface area (Å²) in [6.45, 7) is 0. The van der Waals surface area contributed by atoms with Crippen molar-refractivity contribution in [3.63, 3.8) is 0 Å². The van der Waals surface area contributed by atoms with E-state index < -0.39 is 10.0 Å². The zero-order chi connectivity index (χ0) is 14.9. The molecule has 2 aromatic heterocycles. The number of pyridine rings is 1. The Balaban J connectivity index is 1.98. The van der Waals surface area contributed by atoms with E-state index in [4.69, 9.17) is 0 Å². The molecule has 0 unspecified atom stereocenters. The molecule has 2 heterocycles. The minimum absolute atomic E-state index is 0.108. The van der Waals surface area contributed by atoms with E-state index in [-0.39, 0.29) is 4.90 Å². The maximum atomic E-state index is 12.5. The molecule has 2 N–H and O–H groups in total. The highest BCUT2D eigenvalue weighted by molar-refractivity contribution is 7.92. The van der Waals surface area contributed by atoms with E-state index in [1.165, 1.54) is 23.7 Å². The van der Waals surface area contributed by atoms with Crippen molar-refractivity contribution in [3.05, 3.63) is 42.2 Å². The van der Waals surface area contributed by atoms with E-state index in [9.17, 15) is 8.42 Å². The molecular formula is C13H12N4O2S2. The Hall–Kier alpha value is -2.19. The van der Waals surface area contributed by atoms with Gasteiger partial charge in [0.05, 0.1) is 27.1 Å². The van der Waals surface area contributed by atoms with Crippen LogP contribution < -0.4 is 10.0 Å². The first-order chi connectivity index (χ1) is 10.1. The van der Waals surface area contributed by atoms with Gasteiger partial charge in [-0.3, -0.25) is 9.71 Å². The number of rotatable bonds is 4. The second-order valence-electron chi connectivity index (χ2n) is 4.26. The lowest BCUT2D eigenvalue weighted by molar-refractivity contribution is 0.601. The minimum Gasteiger partial charge on any atom is -0.387 e. The van der Waals surface area contributed by atoms with Crippen molar-refractivity contribution in [2.75, 3.05) is 17.1 Å². The largest absolute Gasteiger partial charge is 0.387 e. The molecule has 0 atom stereocenters. The van der Waals surface area contributed by atoms with Crippen LogP contribution in [0.1, 0.15) is 0 Å². The Bertz CT molecular complexity index is 890. The van der Waals surface area contributed by atoms with Gasteiger partial charge in [0.25, 0.3) is 10.0 Å². The van der Waals surface area contributed by atoms with Gasteiger partial charge in [-0.15, -0.1) is 11.3 Å². The van der Waals surface area contributed by atoms with Crippen molar-refractivity contribution in [3.8, 4) is 0 Å². The Labute approximate surface area is 125 Å². The van der Waals surface area contributed by atoms with Gasteiger partial charge in [0, 0.05) is 19.4 Å². The predicted octanol–water partition coefficient (Wildman–Crippen LogP) is 2.53. The van der Waals surface area contributed by atoms with Crippen LogP contribution in [-0.2, 0) is 10.0 Å². The lowest BCUT2D eigenvalue weighted by atomic mass is 10.3. The summed E-state index contributed by atoms with van der Waals surface area (Å²) < 4.78 is 28.4. The fraction of sp³-hybridized carbons (Fsp3) is 0.0769. The number of hydrogen-bond donors (Lipinski definition) is 2. The third kappa shape index (κ3) is 2.67. The van der Waals surface area contributed by atoms with Gasteiger partial charge >= 0.3 is 0 Å². The smallest absolute Gasteiger partial charge is 0.265 e. The highest BCUT2D eigenvalue weighted by Crippen LogP contribution is 2.25. The van der Waals surface area contributed by atoms with E-state index in [0.29, 0.717) is 11.4 Å². The molecule has 0 fully saturated rings. The van der Waals surface area contributed by atoms with Crippen LogP contribution in [0.5, 0.6) is 0 Å². The lowest BCUT2D eigenvalue weighted by Gasteiger charge is -2.11. The zero-order valence-electron chi connectivity index (χ0n) is 11.1. The summed E-state index contributed by atoms with van der Waals surface area (Å²) in [5, 5.41) is 2.85. The van der Waals surface area contributed by atoms with Crippen LogP contribution in [0.2, 0.25) is 0 Å². The van der Waals surface area contributed by atoms with Crippen LogP contribution >= 0.6 is 11.3 Å². The quantitative estimate of drug-likeness (QED) is 0.772. The third-order valence-electron chi connectivity index (χ3n) is 2.93. The topological polar surface area (TPSA) is 84.0 Å². The van der Waals surface area contributed by atoms with Crippen LogP contribution in [0.4, 0.5) is 11.4 Å². The predicted molar refractivity (Wildman–Crippen MR) is 84.2 cm³/mol. The first kappa shape index (κ1) is 13.8. The molecule has 108 valence electrons. The highest BCUT2D eigenvalue weighted by atomic mass is 32.2. The summed E-state index contributed by atoms with van der Waals surface area (Å²) in [4.78, 5) is 8.15. The molecule has 0 aliphatic heterocycles. The van der Waals surface area contributed by atoms with Crippen LogP contribution in [0.25, 0.3) is 10.2 Å². The average Bonchev–Trinajstić information content (AvgIpc) is 2.94. The monoisotopic (exact) mass is 320 g/mol. The van der Waals surface area contributed by atoms with Crippen molar-refractivity contribution in [1.29, 1.82) is 0 Å². The van der Waals surface area contributed by atoms with Crippen molar-refractivity contribution in [2.24, 2.45) is 0 Å². The summed E-state index contributed by atoms with van der Waals surface area (Å²) in [6, 6.07) is 6.85. The van der Waals surface area contributed by atoms with E-state index in [2.05, 4.69) is 20.0 Å². The Morgan fingerprint density at radius 3 is 2.90 bits per heavy atom. The summed E-state index contributed by atoms with van der Waals surface area (Å²) in [7, 11) is -2.03. The van der Waals surface area contributed by atoms with E-state index in [1.54, 1.807) is 36.8 Å². The number of nitrogens with zero attached hydrogens (tertiary/aromatic N) is 2. The van der Waals surface area contributed by atoms with E-state index in [1.807, 2.05) is 0 Å². The van der Waals surface area contributed by atoms with Crippen LogP contribution in [0.15, 0.2) is 47.1 Å². The average molecular weight is 320 g/mol. The lowest BCUT2D eigenvalue weighted by Crippen LogP contribution is -2.15. The Morgan fingerprint density at radius 1 is 1.24 bits per heavy atom. The first-order valence-corrected chi connectivity index (χ1v) is 8.44. The summed E-state index contributed by atoms with van der Waals surface area (Å²) >= 11 is 1.46. The number of benzene rings is 1. The third-order valence-corrected chi connectivity index (χ3v) is 5.13. The maximum Gasteiger partial charge on any atom is 0.265 e. The van der Waals surface area contributed by atoms with Gasteiger partial charge in [-0.1, -0.05) is 0 Å². The maximum absolute atomic E-state index is 12.5. The number of fused-ring (bicyclic) bond motifs is 1. The van der Waals surface area contributed by atoms with E-state index in [0.717, 1.165) is 10.2 Å². The number of anilines is 2. The highest BCUT2D eigenvalue weighted by Gasteiger charge is 2.18. The molecule has 0 saturated heterocycles. The molecule has 1 aromatic carbocycles. The normalized spacial score (nSPS) is 11.5. The molecule has 6 nitrogen and oxygen atoms in total. The molecular weight excluding hydrogens is 308 g/mol. The van der Waals surface area contributed by atoms with Gasteiger partial charge < -0.3 is 5.32 Å². The minimum atomic E-state index is -3.70. The number of hydrogen-bond acceptors (Lipinski definition) is 6. The number of thiazole rings is 1. The molecule has 0 spiro atoms. The Kier molecular flexibility index (Phi) is 3.48. The molecule has 0 aliphatic rings. The van der Waals surface area contributed by atoms with Gasteiger partial charge in [-0.05, 0) is 24.3 Å². The summed E-state index contributed by atoms with van der Waals surface area (Å²) in [6.07, 6.45) is 2.85. The molecule has 3 aromatic rings. The van der Waals surface area contributed by atoms with Gasteiger partial charge in [0.2, 0.25) is 0 Å². The number of sulfonamides is 1. The number of aromatic nitrogens is 2. The molecule has 0 amide bonds. The molecule has 0 aliphatic carbocycles. The van der Waals surface area contributed by atoms with Gasteiger partial charge in [0.1, 0.15) is 4.90 Å². The molecule has 3 rings (SSSR count). The Morgan fingerprint density at radius 2 is 2.10 bits per heavy atom. The SMILES string of the molecule is CNc1ccncc1S(=O)(=O)Nc1ccc2ncsc2c1. The van der Waals surface area contributed by atoms with Gasteiger partial charge in [-0.2, -0.15) is 0 Å². The molecule has 8 heteroatoms. The van der Waals surface area contributed by atoms with Crippen molar-refractivity contribution >= 4 is 43.0 Å². The van der Waals surface area contributed by atoms with Crippen LogP contribution in [0.3, 0.4) is 0 Å². The molecule has 0 radical (unpaired) electrons. The second kappa shape index (κ2) is 5.30. The molecule has 0 saturated carbocycles. The van der Waals surface area contributed by atoms with Crippen molar-refractivity contribution in [2.45, 2.75) is 4.90 Å². The molecule has 0 bridgehead atoms. The standard InChI is InChI=1S/C13H12N4O2S2/c1-14-11-4-5-15-7-13(11)21(18,19)17-9-2-3-10-12(6-9)20-8-16-10/h2-8,17H,1H3,(H,14,15). The van der Waals surface area contributed by atoms with Gasteiger partial charge in [0.15, 0.2) is 0 Å². The van der Waals surface area contributed by atoms with Crippen LogP contribution in [0, 0.1) is 0 Å². The first-order valence-electron chi connectivity index (χ1n) is 6.08. The van der Waals surface area contributed by atoms with Crippen molar-refractivity contribution < 1.29 is 8.42 Å².